The number of piperidine rings is 2. The van der Waals surface area contributed by atoms with Crippen LogP contribution >= 0.6 is 0 Å². The van der Waals surface area contributed by atoms with Gasteiger partial charge in [0.2, 0.25) is 5.91 Å². The van der Waals surface area contributed by atoms with Crippen LogP contribution < -0.4 is 5.32 Å². The molecule has 3 aliphatic rings. The lowest BCUT2D eigenvalue weighted by Crippen LogP contribution is -2.54. The molecule has 2 saturated heterocycles. The molecule has 3 rings (SSSR count). The van der Waals surface area contributed by atoms with Crippen molar-refractivity contribution in [1.82, 2.24) is 15.2 Å². The van der Waals surface area contributed by atoms with E-state index in [-0.39, 0.29) is 17.9 Å². The molecule has 3 heterocycles. The second-order valence-corrected chi connectivity index (χ2v) is 7.05. The number of likely N-dealkylation sites (tertiary alicyclic amines) is 1. The highest BCUT2D eigenvalue weighted by atomic mass is 16.3. The maximum absolute atomic E-state index is 12.4. The number of carbonyl (C=O) groups excluding carboxylic acids is 1. The van der Waals surface area contributed by atoms with E-state index < -0.39 is 0 Å². The summed E-state index contributed by atoms with van der Waals surface area (Å²) in [6, 6.07) is 0. The predicted molar refractivity (Wildman–Crippen MR) is 85.6 cm³/mol. The van der Waals surface area contributed by atoms with Gasteiger partial charge in [-0.2, -0.15) is 5.10 Å². The first kappa shape index (κ1) is 15.7. The van der Waals surface area contributed by atoms with Crippen LogP contribution in [0.2, 0.25) is 0 Å². The van der Waals surface area contributed by atoms with E-state index in [1.165, 1.54) is 0 Å². The number of hydrazone groups is 1. The van der Waals surface area contributed by atoms with Gasteiger partial charge in [0.1, 0.15) is 6.54 Å². The van der Waals surface area contributed by atoms with E-state index in [9.17, 15) is 9.90 Å². The van der Waals surface area contributed by atoms with Crippen molar-refractivity contribution in [2.24, 2.45) is 16.4 Å². The topological polar surface area (TPSA) is 68.2 Å². The van der Waals surface area contributed by atoms with Gasteiger partial charge < -0.3 is 15.3 Å². The Bertz CT molecular complexity index is 443. The molecular formula is C16H28N4O2. The number of nitrogens with one attached hydrogen (secondary N) is 1. The number of hydrogen-bond acceptors (Lipinski definition) is 5. The first-order valence-electron chi connectivity index (χ1n) is 8.51. The van der Waals surface area contributed by atoms with Gasteiger partial charge in [0.05, 0.1) is 0 Å². The zero-order chi connectivity index (χ0) is 15.6. The van der Waals surface area contributed by atoms with E-state index in [0.29, 0.717) is 12.5 Å². The van der Waals surface area contributed by atoms with Gasteiger partial charge in [-0.05, 0) is 38.1 Å². The first-order chi connectivity index (χ1) is 10.6. The molecule has 22 heavy (non-hydrogen) atoms. The highest BCUT2D eigenvalue weighted by molar-refractivity contribution is 5.84. The Morgan fingerprint density at radius 3 is 2.77 bits per heavy atom. The van der Waals surface area contributed by atoms with E-state index >= 15 is 0 Å². The molecule has 124 valence electrons. The smallest absolute Gasteiger partial charge is 0.243 e. The molecule has 0 aromatic heterocycles. The van der Waals surface area contributed by atoms with Crippen molar-refractivity contribution >= 4 is 11.6 Å². The Kier molecular flexibility index (Phi) is 4.68. The SMILES string of the molecule is CC1=NN(CC(=O)N2CCC3(CCNCC3CO)CC2)CC1. The largest absolute Gasteiger partial charge is 0.396 e. The molecule has 6 nitrogen and oxygen atoms in total. The van der Waals surface area contributed by atoms with E-state index in [0.717, 1.165) is 64.1 Å². The molecule has 6 heteroatoms. The fraction of sp³-hybridized carbons (Fsp3) is 0.875. The van der Waals surface area contributed by atoms with Crippen molar-refractivity contribution in [3.63, 3.8) is 0 Å². The van der Waals surface area contributed by atoms with E-state index in [1.54, 1.807) is 0 Å². The Morgan fingerprint density at radius 1 is 1.36 bits per heavy atom. The maximum atomic E-state index is 12.4. The Balaban J connectivity index is 1.53. The van der Waals surface area contributed by atoms with Crippen molar-refractivity contribution in [2.75, 3.05) is 45.9 Å². The molecule has 0 aromatic rings. The zero-order valence-corrected chi connectivity index (χ0v) is 13.6. The Morgan fingerprint density at radius 2 is 2.14 bits per heavy atom. The third-order valence-electron chi connectivity index (χ3n) is 5.75. The van der Waals surface area contributed by atoms with Gasteiger partial charge in [-0.3, -0.25) is 9.80 Å². The van der Waals surface area contributed by atoms with E-state index in [4.69, 9.17) is 0 Å². The summed E-state index contributed by atoms with van der Waals surface area (Å²) in [5.41, 5.74) is 1.35. The van der Waals surface area contributed by atoms with Crippen LogP contribution in [0.3, 0.4) is 0 Å². The number of nitrogens with zero attached hydrogens (tertiary/aromatic N) is 3. The van der Waals surface area contributed by atoms with Crippen LogP contribution in [-0.4, -0.2) is 72.5 Å². The standard InChI is InChI=1S/C16H28N4O2/c1-13-2-7-20(18-13)11-15(22)19-8-4-16(5-9-19)3-6-17-10-14(16)12-21/h14,17,21H,2-12H2,1H3. The van der Waals surface area contributed by atoms with Crippen molar-refractivity contribution in [3.8, 4) is 0 Å². The molecule has 1 amide bonds. The summed E-state index contributed by atoms with van der Waals surface area (Å²) in [5, 5.41) is 19.3. The summed E-state index contributed by atoms with van der Waals surface area (Å²) >= 11 is 0. The fourth-order valence-corrected chi connectivity index (χ4v) is 4.15. The van der Waals surface area contributed by atoms with Crippen LogP contribution in [0.5, 0.6) is 0 Å². The molecule has 2 fully saturated rings. The monoisotopic (exact) mass is 308 g/mol. The molecule has 1 unspecified atom stereocenters. The van der Waals surface area contributed by atoms with Crippen LogP contribution in [0.1, 0.15) is 32.6 Å². The highest BCUT2D eigenvalue weighted by Gasteiger charge is 2.43. The molecule has 2 N–H and O–H groups in total. The molecule has 0 aromatic carbocycles. The number of carbonyl (C=O) groups is 1. The number of aliphatic hydroxyl groups excluding tert-OH is 1. The summed E-state index contributed by atoms with van der Waals surface area (Å²) in [7, 11) is 0. The molecule has 1 atom stereocenters. The lowest BCUT2D eigenvalue weighted by molar-refractivity contribution is -0.136. The average Bonchev–Trinajstić information content (AvgIpc) is 2.93. The van der Waals surface area contributed by atoms with Crippen molar-refractivity contribution in [2.45, 2.75) is 32.6 Å². The minimum absolute atomic E-state index is 0.197. The van der Waals surface area contributed by atoms with Gasteiger partial charge in [-0.1, -0.05) is 0 Å². The van der Waals surface area contributed by atoms with Crippen molar-refractivity contribution in [1.29, 1.82) is 0 Å². The molecule has 0 aliphatic carbocycles. The number of rotatable bonds is 3. The van der Waals surface area contributed by atoms with Crippen LogP contribution in [-0.2, 0) is 4.79 Å². The van der Waals surface area contributed by atoms with Gasteiger partial charge >= 0.3 is 0 Å². The third kappa shape index (κ3) is 3.13. The van der Waals surface area contributed by atoms with Gasteiger partial charge in [0.15, 0.2) is 0 Å². The van der Waals surface area contributed by atoms with Gasteiger partial charge in [0, 0.05) is 50.8 Å². The molecule has 0 radical (unpaired) electrons. The third-order valence-corrected chi connectivity index (χ3v) is 5.75. The highest BCUT2D eigenvalue weighted by Crippen LogP contribution is 2.43. The number of amides is 1. The lowest BCUT2D eigenvalue weighted by atomic mass is 9.65. The predicted octanol–water partition coefficient (Wildman–Crippen LogP) is 0.279. The second-order valence-electron chi connectivity index (χ2n) is 7.05. The normalized spacial score (nSPS) is 28.1. The molecule has 3 aliphatic heterocycles. The van der Waals surface area contributed by atoms with Crippen molar-refractivity contribution < 1.29 is 9.90 Å². The van der Waals surface area contributed by atoms with E-state index in [1.807, 2.05) is 16.8 Å². The zero-order valence-electron chi connectivity index (χ0n) is 13.6. The summed E-state index contributed by atoms with van der Waals surface area (Å²) in [6.45, 7) is 7.14. The Hall–Kier alpha value is -1.14. The van der Waals surface area contributed by atoms with Crippen molar-refractivity contribution in [3.05, 3.63) is 0 Å². The van der Waals surface area contributed by atoms with Crippen LogP contribution in [0, 0.1) is 11.3 Å². The van der Waals surface area contributed by atoms with Crippen LogP contribution in [0.4, 0.5) is 0 Å². The molecule has 1 spiro atoms. The first-order valence-corrected chi connectivity index (χ1v) is 8.51. The van der Waals surface area contributed by atoms with Gasteiger partial charge in [0.25, 0.3) is 0 Å². The van der Waals surface area contributed by atoms with E-state index in [2.05, 4.69) is 10.4 Å². The molecule has 0 bridgehead atoms. The quantitative estimate of drug-likeness (QED) is 0.786. The van der Waals surface area contributed by atoms with Crippen LogP contribution in [0.25, 0.3) is 0 Å². The molecule has 0 saturated carbocycles. The lowest BCUT2D eigenvalue weighted by Gasteiger charge is -2.49. The fourth-order valence-electron chi connectivity index (χ4n) is 4.15. The minimum atomic E-state index is 0.197. The summed E-state index contributed by atoms with van der Waals surface area (Å²) < 4.78 is 0. The summed E-state index contributed by atoms with van der Waals surface area (Å²) in [4.78, 5) is 14.4. The number of hydrogen-bond donors (Lipinski definition) is 2. The Labute approximate surface area is 132 Å². The van der Waals surface area contributed by atoms with Crippen LogP contribution in [0.15, 0.2) is 5.10 Å². The minimum Gasteiger partial charge on any atom is -0.396 e. The second kappa shape index (κ2) is 6.54. The maximum Gasteiger partial charge on any atom is 0.243 e. The average molecular weight is 308 g/mol. The summed E-state index contributed by atoms with van der Waals surface area (Å²) in [5.74, 6) is 0.534. The number of aliphatic hydroxyl groups is 1. The van der Waals surface area contributed by atoms with Gasteiger partial charge in [-0.15, -0.1) is 0 Å². The summed E-state index contributed by atoms with van der Waals surface area (Å²) in [6.07, 6.45) is 4.14. The molecular weight excluding hydrogens is 280 g/mol. The van der Waals surface area contributed by atoms with Gasteiger partial charge in [-0.25, -0.2) is 0 Å².